The van der Waals surface area contributed by atoms with Crippen molar-refractivity contribution in [2.75, 3.05) is 31.1 Å². The first kappa shape index (κ1) is 20.3. The second-order valence-electron chi connectivity index (χ2n) is 8.51. The third-order valence-electron chi connectivity index (χ3n) is 6.55. The molecule has 0 unspecified atom stereocenters. The zero-order valence-electron chi connectivity index (χ0n) is 18.4. The third kappa shape index (κ3) is 3.17. The molecule has 8 nitrogen and oxygen atoms in total. The maximum atomic E-state index is 12.8. The number of carbonyl (C=O) groups is 1. The van der Waals surface area contributed by atoms with Crippen LogP contribution in [-0.2, 0) is 6.54 Å². The number of benzene rings is 2. The van der Waals surface area contributed by atoms with Crippen molar-refractivity contribution in [3.05, 3.63) is 78.2 Å². The fraction of sp³-hybridized carbons (Fsp3) is 0.192. The summed E-state index contributed by atoms with van der Waals surface area (Å²) in [5.41, 5.74) is 6.73. The van der Waals surface area contributed by atoms with E-state index < -0.39 is 0 Å². The number of hydrogen-bond donors (Lipinski definition) is 1. The Morgan fingerprint density at radius 3 is 2.71 bits per heavy atom. The normalized spacial score (nSPS) is 14.4. The van der Waals surface area contributed by atoms with Gasteiger partial charge in [0.15, 0.2) is 5.82 Å². The lowest BCUT2D eigenvalue weighted by atomic mass is 10.1. The Hall–Kier alpha value is -4.35. The van der Waals surface area contributed by atoms with Gasteiger partial charge >= 0.3 is 6.03 Å². The number of carbonyl (C=O) groups excluding carboxylic acids is 1. The third-order valence-corrected chi connectivity index (χ3v) is 6.55. The second-order valence-corrected chi connectivity index (χ2v) is 8.51. The van der Waals surface area contributed by atoms with Gasteiger partial charge in [0, 0.05) is 56.0 Å². The van der Waals surface area contributed by atoms with Gasteiger partial charge < -0.3 is 14.6 Å². The van der Waals surface area contributed by atoms with Gasteiger partial charge in [0.05, 0.1) is 29.6 Å². The summed E-state index contributed by atoms with van der Waals surface area (Å²) in [6, 6.07) is 17.9. The highest BCUT2D eigenvalue weighted by atomic mass is 16.3. The van der Waals surface area contributed by atoms with Crippen LogP contribution in [0.15, 0.2) is 67.1 Å². The first-order valence-corrected chi connectivity index (χ1v) is 11.2. The fourth-order valence-corrected chi connectivity index (χ4v) is 4.85. The number of urea groups is 1. The molecule has 8 heteroatoms. The highest BCUT2D eigenvalue weighted by Gasteiger charge is 2.30. The van der Waals surface area contributed by atoms with Crippen molar-refractivity contribution in [1.82, 2.24) is 19.0 Å². The number of aliphatic hydroxyl groups excluding tert-OH is 1. The summed E-state index contributed by atoms with van der Waals surface area (Å²) in [5.74, 6) is 0.859. The SMILES string of the molecule is N#Cc1ccc(-c2cc3n(c2)Cc2cc(N4CCN(CCO)C4=O)ccc2-n2ccnc2-3)cc1. The minimum atomic E-state index is -0.0734. The quantitative estimate of drug-likeness (QED) is 0.454. The van der Waals surface area contributed by atoms with E-state index in [1.54, 1.807) is 16.0 Å². The van der Waals surface area contributed by atoms with E-state index >= 15 is 0 Å². The van der Waals surface area contributed by atoms with Crippen molar-refractivity contribution in [3.63, 3.8) is 0 Å². The van der Waals surface area contributed by atoms with Crippen LogP contribution in [0, 0.1) is 11.3 Å². The van der Waals surface area contributed by atoms with Gasteiger partial charge in [-0.2, -0.15) is 5.26 Å². The van der Waals surface area contributed by atoms with Gasteiger partial charge in [-0.3, -0.25) is 9.47 Å². The zero-order chi connectivity index (χ0) is 23.2. The van der Waals surface area contributed by atoms with Crippen molar-refractivity contribution in [1.29, 1.82) is 5.26 Å². The number of rotatable bonds is 4. The monoisotopic (exact) mass is 450 g/mol. The highest BCUT2D eigenvalue weighted by Crippen LogP contribution is 2.35. The van der Waals surface area contributed by atoms with E-state index in [4.69, 9.17) is 5.26 Å². The van der Waals surface area contributed by atoms with Crippen molar-refractivity contribution in [2.45, 2.75) is 6.54 Å². The van der Waals surface area contributed by atoms with E-state index in [0.29, 0.717) is 31.7 Å². The molecule has 2 aromatic heterocycles. The molecule has 0 saturated carbocycles. The number of hydrogen-bond acceptors (Lipinski definition) is 4. The molecule has 1 fully saturated rings. The number of nitrogens with zero attached hydrogens (tertiary/aromatic N) is 6. The van der Waals surface area contributed by atoms with Crippen LogP contribution < -0.4 is 4.90 Å². The average molecular weight is 451 g/mol. The van der Waals surface area contributed by atoms with Crippen LogP contribution >= 0.6 is 0 Å². The molecule has 2 aromatic carbocycles. The molecule has 2 aliphatic heterocycles. The molecule has 0 spiro atoms. The fourth-order valence-electron chi connectivity index (χ4n) is 4.85. The molecule has 4 aromatic rings. The maximum Gasteiger partial charge on any atom is 0.324 e. The van der Waals surface area contributed by atoms with Crippen LogP contribution in [0.4, 0.5) is 10.5 Å². The number of aromatic nitrogens is 3. The Morgan fingerprint density at radius 1 is 1.06 bits per heavy atom. The summed E-state index contributed by atoms with van der Waals surface area (Å²) in [5, 5.41) is 18.3. The number of fused-ring (bicyclic) bond motifs is 5. The minimum Gasteiger partial charge on any atom is -0.395 e. The molecule has 2 amide bonds. The predicted octanol–water partition coefficient (Wildman–Crippen LogP) is 3.48. The van der Waals surface area contributed by atoms with E-state index in [-0.39, 0.29) is 12.6 Å². The summed E-state index contributed by atoms with van der Waals surface area (Å²) in [6.07, 6.45) is 5.87. The van der Waals surface area contributed by atoms with Crippen molar-refractivity contribution >= 4 is 11.7 Å². The van der Waals surface area contributed by atoms with E-state index in [9.17, 15) is 9.90 Å². The van der Waals surface area contributed by atoms with E-state index in [2.05, 4.69) is 38.5 Å². The lowest BCUT2D eigenvalue weighted by Gasteiger charge is -2.20. The molecule has 168 valence electrons. The summed E-state index contributed by atoms with van der Waals surface area (Å²) in [6.45, 7) is 2.17. The molecule has 1 N–H and O–H groups in total. The molecular formula is C26H22N6O2. The van der Waals surface area contributed by atoms with E-state index in [1.165, 1.54) is 0 Å². The van der Waals surface area contributed by atoms with Crippen LogP contribution in [0.1, 0.15) is 11.1 Å². The van der Waals surface area contributed by atoms with Crippen molar-refractivity contribution in [2.24, 2.45) is 0 Å². The Kier molecular flexibility index (Phi) is 4.71. The average Bonchev–Trinajstić information content (AvgIpc) is 3.57. The summed E-state index contributed by atoms with van der Waals surface area (Å²) in [4.78, 5) is 20.9. The molecule has 0 radical (unpaired) electrons. The van der Waals surface area contributed by atoms with E-state index in [1.807, 2.05) is 42.6 Å². The molecule has 0 aliphatic carbocycles. The standard InChI is InChI=1S/C26H22N6O2/c27-15-18-1-3-19(4-2-18)20-14-24-25-28-7-8-32(25)23-6-5-22(13-21(23)17-30(24)16-20)31-10-9-29(11-12-33)26(31)34/h1-8,13-14,16,33H,9-12,17H2. The molecule has 0 bridgehead atoms. The van der Waals surface area contributed by atoms with Gasteiger partial charge in [-0.1, -0.05) is 12.1 Å². The smallest absolute Gasteiger partial charge is 0.324 e. The van der Waals surface area contributed by atoms with Gasteiger partial charge in [-0.05, 0) is 47.5 Å². The van der Waals surface area contributed by atoms with Crippen molar-refractivity contribution in [3.8, 4) is 34.4 Å². The molecular weight excluding hydrogens is 428 g/mol. The molecule has 0 atom stereocenters. The van der Waals surface area contributed by atoms with Crippen LogP contribution in [0.25, 0.3) is 28.3 Å². The first-order valence-electron chi connectivity index (χ1n) is 11.2. The molecule has 6 rings (SSSR count). The summed E-state index contributed by atoms with van der Waals surface area (Å²) >= 11 is 0. The Labute approximate surface area is 196 Å². The lowest BCUT2D eigenvalue weighted by molar-refractivity contribution is 0.199. The Bertz CT molecular complexity index is 1440. The number of anilines is 1. The lowest BCUT2D eigenvalue weighted by Crippen LogP contribution is -2.33. The summed E-state index contributed by atoms with van der Waals surface area (Å²) < 4.78 is 4.27. The molecule has 2 aliphatic rings. The van der Waals surface area contributed by atoms with Crippen LogP contribution in [0.3, 0.4) is 0 Å². The van der Waals surface area contributed by atoms with Crippen LogP contribution in [0.5, 0.6) is 0 Å². The minimum absolute atomic E-state index is 0.0366. The second kappa shape index (κ2) is 7.90. The van der Waals surface area contributed by atoms with Gasteiger partial charge in [-0.25, -0.2) is 9.78 Å². The molecule has 1 saturated heterocycles. The summed E-state index contributed by atoms with van der Waals surface area (Å²) in [7, 11) is 0. The van der Waals surface area contributed by atoms with Crippen molar-refractivity contribution < 1.29 is 9.90 Å². The van der Waals surface area contributed by atoms with Gasteiger partial charge in [0.2, 0.25) is 0 Å². The number of imidazole rings is 1. The topological polar surface area (TPSA) is 90.3 Å². The predicted molar refractivity (Wildman–Crippen MR) is 128 cm³/mol. The maximum absolute atomic E-state index is 12.8. The van der Waals surface area contributed by atoms with Crippen LogP contribution in [0.2, 0.25) is 0 Å². The van der Waals surface area contributed by atoms with Gasteiger partial charge in [-0.15, -0.1) is 0 Å². The first-order chi connectivity index (χ1) is 16.7. The Balaban J connectivity index is 1.40. The molecule has 4 heterocycles. The zero-order valence-corrected chi connectivity index (χ0v) is 18.4. The number of amides is 2. The number of nitriles is 1. The van der Waals surface area contributed by atoms with E-state index in [0.717, 1.165) is 39.6 Å². The largest absolute Gasteiger partial charge is 0.395 e. The Morgan fingerprint density at radius 2 is 1.91 bits per heavy atom. The molecule has 34 heavy (non-hydrogen) atoms. The number of aliphatic hydroxyl groups is 1. The van der Waals surface area contributed by atoms with Gasteiger partial charge in [0.25, 0.3) is 0 Å². The number of β-amino-alcohol motifs (C(OH)–C–C–N with tert-alkyl or cyclic N) is 1. The van der Waals surface area contributed by atoms with Crippen LogP contribution in [-0.4, -0.2) is 56.4 Å². The van der Waals surface area contributed by atoms with Gasteiger partial charge in [0.1, 0.15) is 0 Å². The highest BCUT2D eigenvalue weighted by molar-refractivity contribution is 5.94.